The Balaban J connectivity index is 1.91. The van der Waals surface area contributed by atoms with Gasteiger partial charge >= 0.3 is 0 Å². The number of anilines is 1. The van der Waals surface area contributed by atoms with E-state index in [1.54, 1.807) is 7.11 Å². The second-order valence-electron chi connectivity index (χ2n) is 4.71. The molecular formula is C13H17NO2. The highest BCUT2D eigenvalue weighted by Gasteiger charge is 2.39. The van der Waals surface area contributed by atoms with Crippen molar-refractivity contribution in [3.05, 3.63) is 18.2 Å². The standard InChI is InChI=1S/C13H17NO2/c1-15-10-4-5-11-12(8-10)16-13(9-14-11)6-2-3-7-13/h4-5,8,14H,2-3,6-7,9H2,1H3. The molecule has 0 radical (unpaired) electrons. The molecule has 1 saturated carbocycles. The van der Waals surface area contributed by atoms with Crippen molar-refractivity contribution in [1.29, 1.82) is 0 Å². The molecule has 1 heterocycles. The first kappa shape index (κ1) is 9.82. The maximum absolute atomic E-state index is 6.18. The predicted octanol–water partition coefficient (Wildman–Crippen LogP) is 2.81. The fraction of sp³-hybridized carbons (Fsp3) is 0.538. The van der Waals surface area contributed by atoms with Crippen LogP contribution in [0.5, 0.6) is 11.5 Å². The van der Waals surface area contributed by atoms with Gasteiger partial charge in [-0.05, 0) is 37.8 Å². The normalized spacial score (nSPS) is 21.1. The molecule has 3 nitrogen and oxygen atoms in total. The molecule has 0 amide bonds. The van der Waals surface area contributed by atoms with E-state index in [2.05, 4.69) is 5.32 Å². The first-order valence-electron chi connectivity index (χ1n) is 5.92. The topological polar surface area (TPSA) is 30.5 Å². The monoisotopic (exact) mass is 219 g/mol. The van der Waals surface area contributed by atoms with Gasteiger partial charge in [0.15, 0.2) is 0 Å². The van der Waals surface area contributed by atoms with E-state index in [1.807, 2.05) is 18.2 Å². The minimum absolute atomic E-state index is 0.0410. The molecule has 1 fully saturated rings. The van der Waals surface area contributed by atoms with E-state index in [0.29, 0.717) is 0 Å². The summed E-state index contributed by atoms with van der Waals surface area (Å²) < 4.78 is 11.4. The van der Waals surface area contributed by atoms with Gasteiger partial charge in [-0.3, -0.25) is 0 Å². The van der Waals surface area contributed by atoms with Gasteiger partial charge in [0.25, 0.3) is 0 Å². The number of ether oxygens (including phenoxy) is 2. The lowest BCUT2D eigenvalue weighted by atomic mass is 10.00. The number of methoxy groups -OCH3 is 1. The molecule has 1 aromatic rings. The molecule has 16 heavy (non-hydrogen) atoms. The molecule has 1 spiro atoms. The van der Waals surface area contributed by atoms with E-state index in [4.69, 9.17) is 9.47 Å². The van der Waals surface area contributed by atoms with Crippen LogP contribution >= 0.6 is 0 Å². The van der Waals surface area contributed by atoms with Crippen molar-refractivity contribution in [2.24, 2.45) is 0 Å². The molecule has 1 aromatic carbocycles. The zero-order chi connectivity index (χ0) is 11.0. The summed E-state index contributed by atoms with van der Waals surface area (Å²) in [7, 11) is 1.68. The van der Waals surface area contributed by atoms with Crippen molar-refractivity contribution >= 4 is 5.69 Å². The third-order valence-electron chi connectivity index (χ3n) is 3.63. The minimum atomic E-state index is 0.0410. The number of benzene rings is 1. The van der Waals surface area contributed by atoms with Gasteiger partial charge in [-0.2, -0.15) is 0 Å². The fourth-order valence-corrected chi connectivity index (χ4v) is 2.68. The average molecular weight is 219 g/mol. The maximum atomic E-state index is 6.18. The largest absolute Gasteiger partial charge is 0.497 e. The van der Waals surface area contributed by atoms with Gasteiger partial charge in [-0.25, -0.2) is 0 Å². The van der Waals surface area contributed by atoms with Crippen molar-refractivity contribution < 1.29 is 9.47 Å². The van der Waals surface area contributed by atoms with Crippen LogP contribution in [0.25, 0.3) is 0 Å². The quantitative estimate of drug-likeness (QED) is 0.787. The summed E-state index contributed by atoms with van der Waals surface area (Å²) in [5, 5.41) is 3.47. The fourth-order valence-electron chi connectivity index (χ4n) is 2.68. The summed E-state index contributed by atoms with van der Waals surface area (Å²) in [6, 6.07) is 5.96. The van der Waals surface area contributed by atoms with E-state index in [0.717, 1.165) is 36.6 Å². The average Bonchev–Trinajstić information content (AvgIpc) is 2.76. The molecule has 0 unspecified atom stereocenters. The van der Waals surface area contributed by atoms with Gasteiger partial charge in [0.1, 0.15) is 17.1 Å². The molecule has 3 heteroatoms. The highest BCUT2D eigenvalue weighted by atomic mass is 16.5. The van der Waals surface area contributed by atoms with Crippen molar-refractivity contribution in [1.82, 2.24) is 0 Å². The molecule has 0 saturated heterocycles. The van der Waals surface area contributed by atoms with Gasteiger partial charge in [0, 0.05) is 6.07 Å². The van der Waals surface area contributed by atoms with Crippen molar-refractivity contribution in [3.63, 3.8) is 0 Å². The van der Waals surface area contributed by atoms with Crippen molar-refractivity contribution in [2.45, 2.75) is 31.3 Å². The highest BCUT2D eigenvalue weighted by molar-refractivity contribution is 5.61. The van der Waals surface area contributed by atoms with Crippen molar-refractivity contribution in [3.8, 4) is 11.5 Å². The lowest BCUT2D eigenvalue weighted by Gasteiger charge is -2.36. The number of hydrogen-bond donors (Lipinski definition) is 1. The summed E-state index contributed by atoms with van der Waals surface area (Å²) in [6.45, 7) is 0.937. The number of rotatable bonds is 1. The Morgan fingerprint density at radius 2 is 2.12 bits per heavy atom. The molecule has 1 aliphatic carbocycles. The van der Waals surface area contributed by atoms with Gasteiger partial charge in [-0.15, -0.1) is 0 Å². The predicted molar refractivity (Wildman–Crippen MR) is 63.3 cm³/mol. The first-order chi connectivity index (χ1) is 7.81. The summed E-state index contributed by atoms with van der Waals surface area (Å²) in [4.78, 5) is 0. The Kier molecular flexibility index (Phi) is 2.20. The van der Waals surface area contributed by atoms with Crippen molar-refractivity contribution in [2.75, 3.05) is 19.0 Å². The first-order valence-corrected chi connectivity index (χ1v) is 5.92. The second-order valence-corrected chi connectivity index (χ2v) is 4.71. The molecular weight excluding hydrogens is 202 g/mol. The van der Waals surface area contributed by atoms with Gasteiger partial charge in [0.05, 0.1) is 19.3 Å². The van der Waals surface area contributed by atoms with Crippen LogP contribution in [0.2, 0.25) is 0 Å². The number of hydrogen-bond acceptors (Lipinski definition) is 3. The number of fused-ring (bicyclic) bond motifs is 1. The molecule has 3 rings (SSSR count). The Morgan fingerprint density at radius 3 is 2.88 bits per heavy atom. The molecule has 1 N–H and O–H groups in total. The molecule has 0 bridgehead atoms. The Morgan fingerprint density at radius 1 is 1.31 bits per heavy atom. The van der Waals surface area contributed by atoms with E-state index in [-0.39, 0.29) is 5.60 Å². The van der Waals surface area contributed by atoms with Gasteiger partial charge in [-0.1, -0.05) is 0 Å². The number of nitrogens with one attached hydrogen (secondary N) is 1. The van der Waals surface area contributed by atoms with E-state index < -0.39 is 0 Å². The summed E-state index contributed by atoms with van der Waals surface area (Å²) in [6.07, 6.45) is 4.88. The van der Waals surface area contributed by atoms with Crippen LogP contribution in [0.15, 0.2) is 18.2 Å². The Hall–Kier alpha value is -1.38. The molecule has 0 aromatic heterocycles. The highest BCUT2D eigenvalue weighted by Crippen LogP contribution is 2.42. The summed E-state index contributed by atoms with van der Waals surface area (Å²) in [5.74, 6) is 1.79. The van der Waals surface area contributed by atoms with Crippen LogP contribution in [-0.4, -0.2) is 19.3 Å². The minimum Gasteiger partial charge on any atom is -0.497 e. The van der Waals surface area contributed by atoms with Gasteiger partial charge in [0.2, 0.25) is 0 Å². The Labute approximate surface area is 95.8 Å². The van der Waals surface area contributed by atoms with Crippen LogP contribution in [0.4, 0.5) is 5.69 Å². The maximum Gasteiger partial charge on any atom is 0.147 e. The summed E-state index contributed by atoms with van der Waals surface area (Å²) >= 11 is 0. The molecule has 1 aliphatic heterocycles. The molecule has 2 aliphatic rings. The van der Waals surface area contributed by atoms with E-state index in [9.17, 15) is 0 Å². The van der Waals surface area contributed by atoms with Crippen LogP contribution in [-0.2, 0) is 0 Å². The van der Waals surface area contributed by atoms with E-state index in [1.165, 1.54) is 12.8 Å². The Bertz CT molecular complexity index is 397. The lowest BCUT2D eigenvalue weighted by Crippen LogP contribution is -2.43. The van der Waals surface area contributed by atoms with Crippen LogP contribution in [0, 0.1) is 0 Å². The third-order valence-corrected chi connectivity index (χ3v) is 3.63. The van der Waals surface area contributed by atoms with Crippen LogP contribution < -0.4 is 14.8 Å². The lowest BCUT2D eigenvalue weighted by molar-refractivity contribution is 0.0827. The van der Waals surface area contributed by atoms with Crippen LogP contribution in [0.1, 0.15) is 25.7 Å². The smallest absolute Gasteiger partial charge is 0.147 e. The van der Waals surface area contributed by atoms with Gasteiger partial charge < -0.3 is 14.8 Å². The van der Waals surface area contributed by atoms with E-state index >= 15 is 0 Å². The third kappa shape index (κ3) is 1.51. The zero-order valence-electron chi connectivity index (χ0n) is 9.58. The van der Waals surface area contributed by atoms with Crippen LogP contribution in [0.3, 0.4) is 0 Å². The molecule has 86 valence electrons. The second kappa shape index (κ2) is 3.58. The SMILES string of the molecule is COc1ccc2c(c1)OC1(CCCC1)CN2. The molecule has 0 atom stereocenters. The zero-order valence-corrected chi connectivity index (χ0v) is 9.58. The summed E-state index contributed by atoms with van der Waals surface area (Å²) in [5.41, 5.74) is 1.12.